The van der Waals surface area contributed by atoms with Gasteiger partial charge in [0, 0.05) is 18.0 Å². The zero-order valence-electron chi connectivity index (χ0n) is 9.26. The molecule has 0 spiro atoms. The van der Waals surface area contributed by atoms with Crippen LogP contribution in [-0.2, 0) is 0 Å². The van der Waals surface area contributed by atoms with Crippen LogP contribution >= 0.6 is 0 Å². The summed E-state index contributed by atoms with van der Waals surface area (Å²) in [6, 6.07) is 10.5. The first-order chi connectivity index (χ1) is 7.90. The molecule has 0 bridgehead atoms. The van der Waals surface area contributed by atoms with Crippen molar-refractivity contribution < 1.29 is 4.74 Å². The molecule has 1 aromatic carbocycles. The quantitative estimate of drug-likeness (QED) is 0.784. The Morgan fingerprint density at radius 1 is 1.00 bits per heavy atom. The van der Waals surface area contributed by atoms with E-state index in [0.29, 0.717) is 12.6 Å². The molecule has 0 unspecified atom stereocenters. The summed E-state index contributed by atoms with van der Waals surface area (Å²) in [5.41, 5.74) is 2.12. The van der Waals surface area contributed by atoms with E-state index in [2.05, 4.69) is 16.9 Å². The maximum atomic E-state index is 5.32. The van der Waals surface area contributed by atoms with Crippen LogP contribution in [0.5, 0.6) is 6.01 Å². The molecule has 0 aliphatic heterocycles. The molecule has 0 saturated heterocycles. The summed E-state index contributed by atoms with van der Waals surface area (Å²) in [6.45, 7) is 2.71. The van der Waals surface area contributed by atoms with Crippen LogP contribution < -0.4 is 4.74 Å². The average molecular weight is 214 g/mol. The fraction of sp³-hybridized carbons (Fsp3) is 0.231. The molecule has 0 fully saturated rings. The molecule has 1 aromatic heterocycles. The van der Waals surface area contributed by atoms with Crippen LogP contribution in [0.1, 0.15) is 13.3 Å². The van der Waals surface area contributed by atoms with Gasteiger partial charge in [0.1, 0.15) is 0 Å². The van der Waals surface area contributed by atoms with E-state index in [1.165, 1.54) is 0 Å². The van der Waals surface area contributed by atoms with Crippen molar-refractivity contribution in [2.24, 2.45) is 0 Å². The topological polar surface area (TPSA) is 35.0 Å². The summed E-state index contributed by atoms with van der Waals surface area (Å²) in [7, 11) is 0. The van der Waals surface area contributed by atoms with Gasteiger partial charge in [-0.2, -0.15) is 0 Å². The van der Waals surface area contributed by atoms with Gasteiger partial charge in [-0.3, -0.25) is 0 Å². The van der Waals surface area contributed by atoms with E-state index in [1.54, 1.807) is 12.4 Å². The Bertz CT molecular complexity index is 425. The third-order valence-corrected chi connectivity index (χ3v) is 2.17. The molecule has 0 amide bonds. The second-order valence-corrected chi connectivity index (χ2v) is 3.47. The van der Waals surface area contributed by atoms with Crippen molar-refractivity contribution in [3.05, 3.63) is 42.7 Å². The summed E-state index contributed by atoms with van der Waals surface area (Å²) in [5.74, 6) is 0. The largest absolute Gasteiger partial charge is 0.463 e. The van der Waals surface area contributed by atoms with E-state index in [9.17, 15) is 0 Å². The van der Waals surface area contributed by atoms with Gasteiger partial charge in [0.25, 0.3) is 0 Å². The second-order valence-electron chi connectivity index (χ2n) is 3.47. The van der Waals surface area contributed by atoms with E-state index < -0.39 is 0 Å². The standard InChI is InChI=1S/C13H14N2O/c1-2-8-16-13-14-9-12(10-15-13)11-6-4-3-5-7-11/h3-7,9-10H,2,8H2,1H3. The molecule has 0 radical (unpaired) electrons. The van der Waals surface area contributed by atoms with Crippen molar-refractivity contribution >= 4 is 0 Å². The molecule has 0 atom stereocenters. The Labute approximate surface area is 95.1 Å². The Morgan fingerprint density at radius 2 is 1.69 bits per heavy atom. The average Bonchev–Trinajstić information content (AvgIpc) is 2.38. The summed E-state index contributed by atoms with van der Waals surface area (Å²) < 4.78 is 5.32. The van der Waals surface area contributed by atoms with Crippen molar-refractivity contribution in [1.29, 1.82) is 0 Å². The van der Waals surface area contributed by atoms with Crippen molar-refractivity contribution in [3.63, 3.8) is 0 Å². The minimum atomic E-state index is 0.446. The van der Waals surface area contributed by atoms with Crippen LogP contribution in [0, 0.1) is 0 Å². The van der Waals surface area contributed by atoms with Crippen LogP contribution in [0.25, 0.3) is 11.1 Å². The third kappa shape index (κ3) is 2.57. The van der Waals surface area contributed by atoms with E-state index in [0.717, 1.165) is 17.5 Å². The van der Waals surface area contributed by atoms with Gasteiger partial charge >= 0.3 is 6.01 Å². The summed E-state index contributed by atoms with van der Waals surface area (Å²) >= 11 is 0. The lowest BCUT2D eigenvalue weighted by atomic mass is 10.1. The van der Waals surface area contributed by atoms with Crippen LogP contribution in [-0.4, -0.2) is 16.6 Å². The van der Waals surface area contributed by atoms with Gasteiger partial charge in [0.2, 0.25) is 0 Å². The summed E-state index contributed by atoms with van der Waals surface area (Å²) in [6.07, 6.45) is 4.53. The molecule has 2 rings (SSSR count). The van der Waals surface area contributed by atoms with Gasteiger partial charge in [-0.1, -0.05) is 37.3 Å². The Morgan fingerprint density at radius 3 is 2.31 bits per heavy atom. The number of hydrogen-bond acceptors (Lipinski definition) is 3. The fourth-order valence-electron chi connectivity index (χ4n) is 1.36. The first-order valence-corrected chi connectivity index (χ1v) is 5.40. The number of benzene rings is 1. The van der Waals surface area contributed by atoms with Gasteiger partial charge in [-0.05, 0) is 12.0 Å². The third-order valence-electron chi connectivity index (χ3n) is 2.17. The maximum Gasteiger partial charge on any atom is 0.316 e. The Hall–Kier alpha value is -1.90. The number of ether oxygens (including phenoxy) is 1. The zero-order chi connectivity index (χ0) is 11.2. The number of nitrogens with zero attached hydrogens (tertiary/aromatic N) is 2. The van der Waals surface area contributed by atoms with Gasteiger partial charge in [0.05, 0.1) is 6.61 Å². The van der Waals surface area contributed by atoms with Gasteiger partial charge in [0.15, 0.2) is 0 Å². The minimum absolute atomic E-state index is 0.446. The SMILES string of the molecule is CCCOc1ncc(-c2ccccc2)cn1. The van der Waals surface area contributed by atoms with Crippen molar-refractivity contribution in [3.8, 4) is 17.1 Å². The highest BCUT2D eigenvalue weighted by atomic mass is 16.5. The summed E-state index contributed by atoms with van der Waals surface area (Å²) in [5, 5.41) is 0. The monoisotopic (exact) mass is 214 g/mol. The number of rotatable bonds is 4. The van der Waals surface area contributed by atoms with Gasteiger partial charge < -0.3 is 4.74 Å². The number of hydrogen-bond donors (Lipinski definition) is 0. The molecule has 0 saturated carbocycles. The lowest BCUT2D eigenvalue weighted by Gasteiger charge is -2.03. The summed E-state index contributed by atoms with van der Waals surface area (Å²) in [4.78, 5) is 8.32. The zero-order valence-corrected chi connectivity index (χ0v) is 9.26. The van der Waals surface area contributed by atoms with E-state index in [1.807, 2.05) is 30.3 Å². The molecular weight excluding hydrogens is 200 g/mol. The second kappa shape index (κ2) is 5.26. The smallest absolute Gasteiger partial charge is 0.316 e. The molecule has 16 heavy (non-hydrogen) atoms. The fourth-order valence-corrected chi connectivity index (χ4v) is 1.36. The molecule has 3 nitrogen and oxygen atoms in total. The molecular formula is C13H14N2O. The molecule has 3 heteroatoms. The molecule has 2 aromatic rings. The first kappa shape index (κ1) is 10.6. The Kier molecular flexibility index (Phi) is 3.49. The highest BCUT2D eigenvalue weighted by Crippen LogP contribution is 2.17. The molecule has 0 aliphatic rings. The maximum absolute atomic E-state index is 5.32. The van der Waals surface area contributed by atoms with Crippen LogP contribution in [0.2, 0.25) is 0 Å². The molecule has 1 heterocycles. The molecule has 0 N–H and O–H groups in total. The highest BCUT2D eigenvalue weighted by molar-refractivity contribution is 5.61. The predicted molar refractivity (Wildman–Crippen MR) is 63.3 cm³/mol. The number of aromatic nitrogens is 2. The van der Waals surface area contributed by atoms with Crippen molar-refractivity contribution in [1.82, 2.24) is 9.97 Å². The highest BCUT2D eigenvalue weighted by Gasteiger charge is 1.99. The van der Waals surface area contributed by atoms with E-state index >= 15 is 0 Å². The minimum Gasteiger partial charge on any atom is -0.463 e. The van der Waals surface area contributed by atoms with Crippen molar-refractivity contribution in [2.75, 3.05) is 6.61 Å². The lowest BCUT2D eigenvalue weighted by molar-refractivity contribution is 0.292. The molecule has 82 valence electrons. The normalized spacial score (nSPS) is 10.1. The Balaban J connectivity index is 2.13. The first-order valence-electron chi connectivity index (χ1n) is 5.40. The van der Waals surface area contributed by atoms with Crippen LogP contribution in [0.3, 0.4) is 0 Å². The predicted octanol–water partition coefficient (Wildman–Crippen LogP) is 2.93. The van der Waals surface area contributed by atoms with Gasteiger partial charge in [-0.25, -0.2) is 9.97 Å². The lowest BCUT2D eigenvalue weighted by Crippen LogP contribution is -1.99. The van der Waals surface area contributed by atoms with Crippen LogP contribution in [0.15, 0.2) is 42.7 Å². The van der Waals surface area contributed by atoms with E-state index in [4.69, 9.17) is 4.74 Å². The molecule has 0 aliphatic carbocycles. The van der Waals surface area contributed by atoms with Crippen molar-refractivity contribution in [2.45, 2.75) is 13.3 Å². The van der Waals surface area contributed by atoms with Crippen LogP contribution in [0.4, 0.5) is 0 Å². The van der Waals surface area contributed by atoms with E-state index in [-0.39, 0.29) is 0 Å². The van der Waals surface area contributed by atoms with Gasteiger partial charge in [-0.15, -0.1) is 0 Å².